The number of anilines is 2. The predicted octanol–water partition coefficient (Wildman–Crippen LogP) is 5.30. The van der Waals surface area contributed by atoms with Gasteiger partial charge in [-0.15, -0.1) is 0 Å². The van der Waals surface area contributed by atoms with Crippen LogP contribution in [0.15, 0.2) is 54.2 Å². The van der Waals surface area contributed by atoms with Gasteiger partial charge in [0, 0.05) is 24.1 Å². The molecule has 0 radical (unpaired) electrons. The highest BCUT2D eigenvalue weighted by atomic mass is 16.1. The second kappa shape index (κ2) is 9.05. The fourth-order valence-electron chi connectivity index (χ4n) is 2.97. The second-order valence-corrected chi connectivity index (χ2v) is 6.93. The van der Waals surface area contributed by atoms with Crippen molar-refractivity contribution >= 4 is 17.3 Å². The van der Waals surface area contributed by atoms with Gasteiger partial charge in [-0.2, -0.15) is 5.26 Å². The van der Waals surface area contributed by atoms with Crippen molar-refractivity contribution < 1.29 is 4.79 Å². The molecule has 0 spiro atoms. The third-order valence-electron chi connectivity index (χ3n) is 4.49. The Morgan fingerprint density at radius 3 is 2.52 bits per heavy atom. The number of nitrogens with one attached hydrogen (secondary N) is 1. The molecule has 0 saturated heterocycles. The number of amides is 1. The number of hydrogen-bond donors (Lipinski definition) is 1. The average Bonchev–Trinajstić information content (AvgIpc) is 2.64. The summed E-state index contributed by atoms with van der Waals surface area (Å²) in [6.45, 7) is 10.8. The van der Waals surface area contributed by atoms with Crippen LogP contribution in [0.5, 0.6) is 0 Å². The van der Waals surface area contributed by atoms with E-state index in [2.05, 4.69) is 19.2 Å². The monoisotopic (exact) mass is 361 g/mol. The third-order valence-corrected chi connectivity index (χ3v) is 4.49. The van der Waals surface area contributed by atoms with E-state index in [0.29, 0.717) is 6.54 Å². The lowest BCUT2D eigenvalue weighted by Crippen LogP contribution is -2.21. The zero-order valence-corrected chi connectivity index (χ0v) is 16.7. The molecule has 0 aliphatic carbocycles. The van der Waals surface area contributed by atoms with E-state index in [9.17, 15) is 10.1 Å². The quantitative estimate of drug-likeness (QED) is 0.561. The molecular formula is C23H27N3O. The minimum Gasteiger partial charge on any atom is -0.347 e. The topological polar surface area (TPSA) is 56.1 Å². The van der Waals surface area contributed by atoms with Gasteiger partial charge in [0.15, 0.2) is 0 Å². The zero-order valence-electron chi connectivity index (χ0n) is 16.7. The normalized spacial score (nSPS) is 11.2. The molecule has 0 saturated carbocycles. The number of hydrogen-bond acceptors (Lipinski definition) is 3. The molecule has 0 aromatic heterocycles. The fraction of sp³-hybridized carbons (Fsp3) is 0.304. The Balaban J connectivity index is 2.33. The number of carbonyl (C=O) groups is 1. The van der Waals surface area contributed by atoms with Crippen LogP contribution in [0.25, 0.3) is 0 Å². The molecule has 4 heteroatoms. The number of para-hydroxylation sites is 1. The van der Waals surface area contributed by atoms with Gasteiger partial charge in [-0.05, 0) is 55.5 Å². The van der Waals surface area contributed by atoms with Gasteiger partial charge in [0.25, 0.3) is 5.91 Å². The molecule has 2 aromatic rings. The Kier molecular flexibility index (Phi) is 6.79. The maximum atomic E-state index is 12.8. The molecule has 0 aliphatic rings. The number of nitrogens with zero attached hydrogens (tertiary/aromatic N) is 2. The van der Waals surface area contributed by atoms with E-state index in [1.54, 1.807) is 6.20 Å². The molecule has 4 nitrogen and oxygen atoms in total. The fourth-order valence-corrected chi connectivity index (χ4v) is 2.97. The van der Waals surface area contributed by atoms with Crippen molar-refractivity contribution in [1.82, 2.24) is 0 Å². The van der Waals surface area contributed by atoms with E-state index in [1.165, 1.54) is 0 Å². The Morgan fingerprint density at radius 2 is 1.93 bits per heavy atom. The SMILES string of the molecule is CCN(/C=C(/C#N)C(=O)Nc1c(C)cccc1C(C)C)c1cccc(C)c1. The summed E-state index contributed by atoms with van der Waals surface area (Å²) in [5.74, 6) is -0.117. The summed E-state index contributed by atoms with van der Waals surface area (Å²) in [6, 6.07) is 16.0. The molecule has 140 valence electrons. The summed E-state index contributed by atoms with van der Waals surface area (Å²) in [5.41, 5.74) is 5.00. The predicted molar refractivity (Wildman–Crippen MR) is 112 cm³/mol. The van der Waals surface area contributed by atoms with Crippen LogP contribution < -0.4 is 10.2 Å². The highest BCUT2D eigenvalue weighted by molar-refractivity contribution is 6.07. The van der Waals surface area contributed by atoms with Crippen LogP contribution in [0.2, 0.25) is 0 Å². The minimum atomic E-state index is -0.389. The lowest BCUT2D eigenvalue weighted by Gasteiger charge is -2.20. The van der Waals surface area contributed by atoms with Crippen LogP contribution in [-0.2, 0) is 4.79 Å². The zero-order chi connectivity index (χ0) is 20.0. The molecule has 1 amide bonds. The summed E-state index contributed by atoms with van der Waals surface area (Å²) in [7, 11) is 0. The first-order valence-electron chi connectivity index (χ1n) is 9.23. The largest absolute Gasteiger partial charge is 0.347 e. The number of rotatable bonds is 6. The summed E-state index contributed by atoms with van der Waals surface area (Å²) in [6.07, 6.45) is 1.62. The lowest BCUT2D eigenvalue weighted by atomic mass is 9.98. The molecule has 0 fully saturated rings. The molecule has 0 unspecified atom stereocenters. The summed E-state index contributed by atoms with van der Waals surface area (Å²) >= 11 is 0. The average molecular weight is 361 g/mol. The van der Waals surface area contributed by atoms with E-state index in [0.717, 1.165) is 28.1 Å². The first-order chi connectivity index (χ1) is 12.9. The van der Waals surface area contributed by atoms with Crippen LogP contribution in [0.3, 0.4) is 0 Å². The van der Waals surface area contributed by atoms with Crippen molar-refractivity contribution in [2.45, 2.75) is 40.5 Å². The van der Waals surface area contributed by atoms with E-state index in [1.807, 2.05) is 74.2 Å². The van der Waals surface area contributed by atoms with Gasteiger partial charge in [0.1, 0.15) is 11.6 Å². The van der Waals surface area contributed by atoms with Crippen molar-refractivity contribution in [3.63, 3.8) is 0 Å². The summed E-state index contributed by atoms with van der Waals surface area (Å²) < 4.78 is 0. The van der Waals surface area contributed by atoms with Gasteiger partial charge in [0.05, 0.1) is 0 Å². The highest BCUT2D eigenvalue weighted by Crippen LogP contribution is 2.28. The summed E-state index contributed by atoms with van der Waals surface area (Å²) in [5, 5.41) is 12.5. The van der Waals surface area contributed by atoms with Crippen LogP contribution in [0.1, 0.15) is 43.4 Å². The second-order valence-electron chi connectivity index (χ2n) is 6.93. The van der Waals surface area contributed by atoms with E-state index < -0.39 is 0 Å². The summed E-state index contributed by atoms with van der Waals surface area (Å²) in [4.78, 5) is 14.7. The van der Waals surface area contributed by atoms with E-state index in [-0.39, 0.29) is 17.4 Å². The third kappa shape index (κ3) is 4.98. The Bertz CT molecular complexity index is 891. The van der Waals surface area contributed by atoms with Crippen LogP contribution in [-0.4, -0.2) is 12.5 Å². The van der Waals surface area contributed by atoms with Crippen molar-refractivity contribution in [2.24, 2.45) is 0 Å². The number of aryl methyl sites for hydroxylation is 2. The van der Waals surface area contributed by atoms with Gasteiger partial charge >= 0.3 is 0 Å². The smallest absolute Gasteiger partial charge is 0.267 e. The van der Waals surface area contributed by atoms with Gasteiger partial charge in [-0.3, -0.25) is 4.79 Å². The van der Waals surface area contributed by atoms with Gasteiger partial charge in [-0.1, -0.05) is 44.2 Å². The van der Waals surface area contributed by atoms with Crippen molar-refractivity contribution in [3.05, 3.63) is 70.9 Å². The van der Waals surface area contributed by atoms with Crippen LogP contribution >= 0.6 is 0 Å². The van der Waals surface area contributed by atoms with Gasteiger partial charge < -0.3 is 10.2 Å². The van der Waals surface area contributed by atoms with Gasteiger partial charge in [0.2, 0.25) is 0 Å². The molecule has 0 heterocycles. The molecule has 0 bridgehead atoms. The Labute approximate surface area is 162 Å². The van der Waals surface area contributed by atoms with E-state index in [4.69, 9.17) is 0 Å². The molecule has 27 heavy (non-hydrogen) atoms. The van der Waals surface area contributed by atoms with Crippen molar-refractivity contribution in [2.75, 3.05) is 16.8 Å². The molecule has 1 N–H and O–H groups in total. The van der Waals surface area contributed by atoms with Gasteiger partial charge in [-0.25, -0.2) is 0 Å². The highest BCUT2D eigenvalue weighted by Gasteiger charge is 2.16. The first-order valence-corrected chi connectivity index (χ1v) is 9.23. The lowest BCUT2D eigenvalue weighted by molar-refractivity contribution is -0.112. The molecular weight excluding hydrogens is 334 g/mol. The Hall–Kier alpha value is -3.06. The molecule has 2 aromatic carbocycles. The van der Waals surface area contributed by atoms with Crippen LogP contribution in [0.4, 0.5) is 11.4 Å². The maximum Gasteiger partial charge on any atom is 0.267 e. The van der Waals surface area contributed by atoms with Crippen molar-refractivity contribution in [1.29, 1.82) is 5.26 Å². The number of carbonyl (C=O) groups excluding carboxylic acids is 1. The van der Waals surface area contributed by atoms with E-state index >= 15 is 0 Å². The molecule has 0 aliphatic heterocycles. The maximum absolute atomic E-state index is 12.8. The van der Waals surface area contributed by atoms with Crippen LogP contribution in [0, 0.1) is 25.2 Å². The number of nitriles is 1. The minimum absolute atomic E-state index is 0.0799. The van der Waals surface area contributed by atoms with Crippen molar-refractivity contribution in [3.8, 4) is 6.07 Å². The molecule has 2 rings (SSSR count). The molecule has 0 atom stereocenters. The Morgan fingerprint density at radius 1 is 1.22 bits per heavy atom. The first kappa shape index (κ1) is 20.3. The number of benzene rings is 2. The standard InChI is InChI=1S/C23H27N3O/c1-6-26(20-11-7-9-17(4)13-20)15-19(14-24)23(27)25-22-18(5)10-8-12-21(22)16(2)3/h7-13,15-16H,6H2,1-5H3,(H,25,27)/b19-15-.